The molecule has 0 radical (unpaired) electrons. The van der Waals surface area contributed by atoms with Crippen molar-refractivity contribution in [3.05, 3.63) is 48.3 Å². The van der Waals surface area contributed by atoms with Crippen molar-refractivity contribution in [3.63, 3.8) is 0 Å². The van der Waals surface area contributed by atoms with Gasteiger partial charge in [-0.2, -0.15) is 0 Å². The molecule has 0 aliphatic rings. The van der Waals surface area contributed by atoms with Gasteiger partial charge in [0.05, 0.1) is 5.69 Å². The van der Waals surface area contributed by atoms with E-state index in [0.29, 0.717) is 12.0 Å². The molecule has 0 atom stereocenters. The number of halogens is 1. The SMILES string of the molecule is CS(=O)(=O)c1c(-c2ccccc2)ccc(NC=O)c1F. The van der Waals surface area contributed by atoms with Crippen molar-refractivity contribution in [2.24, 2.45) is 0 Å². The van der Waals surface area contributed by atoms with Gasteiger partial charge in [0.25, 0.3) is 0 Å². The fourth-order valence-electron chi connectivity index (χ4n) is 1.94. The maximum Gasteiger partial charge on any atom is 0.211 e. The average molecular weight is 293 g/mol. The molecule has 6 heteroatoms. The zero-order valence-corrected chi connectivity index (χ0v) is 11.4. The molecule has 0 unspecified atom stereocenters. The number of hydrogen-bond acceptors (Lipinski definition) is 3. The number of nitrogens with one attached hydrogen (secondary N) is 1. The Kier molecular flexibility index (Phi) is 3.85. The van der Waals surface area contributed by atoms with Crippen molar-refractivity contribution in [2.75, 3.05) is 11.6 Å². The van der Waals surface area contributed by atoms with E-state index in [4.69, 9.17) is 0 Å². The Morgan fingerprint density at radius 2 is 1.75 bits per heavy atom. The lowest BCUT2D eigenvalue weighted by atomic mass is 10.1. The molecule has 1 amide bonds. The second kappa shape index (κ2) is 5.42. The lowest BCUT2D eigenvalue weighted by Crippen LogP contribution is -2.07. The third-order valence-corrected chi connectivity index (χ3v) is 3.91. The third-order valence-electron chi connectivity index (χ3n) is 2.77. The van der Waals surface area contributed by atoms with Crippen molar-refractivity contribution in [1.82, 2.24) is 0 Å². The summed E-state index contributed by atoms with van der Waals surface area (Å²) in [4.78, 5) is 9.99. The smallest absolute Gasteiger partial charge is 0.211 e. The Morgan fingerprint density at radius 1 is 1.10 bits per heavy atom. The van der Waals surface area contributed by atoms with E-state index in [9.17, 15) is 17.6 Å². The van der Waals surface area contributed by atoms with Crippen LogP contribution in [0.1, 0.15) is 0 Å². The van der Waals surface area contributed by atoms with Crippen LogP contribution < -0.4 is 5.32 Å². The number of sulfone groups is 1. The van der Waals surface area contributed by atoms with E-state index in [-0.39, 0.29) is 11.3 Å². The average Bonchev–Trinajstić information content (AvgIpc) is 2.40. The summed E-state index contributed by atoms with van der Waals surface area (Å²) in [5.74, 6) is -0.957. The molecule has 0 bridgehead atoms. The van der Waals surface area contributed by atoms with Gasteiger partial charge < -0.3 is 5.32 Å². The zero-order valence-electron chi connectivity index (χ0n) is 10.6. The molecule has 1 N–H and O–H groups in total. The molecule has 0 heterocycles. The van der Waals surface area contributed by atoms with Crippen LogP contribution >= 0.6 is 0 Å². The van der Waals surface area contributed by atoms with Crippen LogP contribution in [0.3, 0.4) is 0 Å². The van der Waals surface area contributed by atoms with Crippen LogP contribution in [0.25, 0.3) is 11.1 Å². The van der Waals surface area contributed by atoms with E-state index in [1.165, 1.54) is 12.1 Å². The van der Waals surface area contributed by atoms with E-state index in [0.717, 1.165) is 6.26 Å². The number of carbonyl (C=O) groups excluding carboxylic acids is 1. The van der Waals surface area contributed by atoms with Crippen LogP contribution in [0.5, 0.6) is 0 Å². The van der Waals surface area contributed by atoms with E-state index < -0.39 is 20.5 Å². The minimum Gasteiger partial charge on any atom is -0.326 e. The normalized spacial score (nSPS) is 11.1. The number of anilines is 1. The van der Waals surface area contributed by atoms with Crippen molar-refractivity contribution in [3.8, 4) is 11.1 Å². The summed E-state index contributed by atoms with van der Waals surface area (Å²) in [5.41, 5.74) is 0.687. The second-order valence-corrected chi connectivity index (χ2v) is 6.16. The lowest BCUT2D eigenvalue weighted by molar-refractivity contribution is -0.105. The second-order valence-electron chi connectivity index (χ2n) is 4.20. The summed E-state index contributed by atoms with van der Waals surface area (Å²) in [7, 11) is -3.78. The van der Waals surface area contributed by atoms with Crippen LogP contribution in [0, 0.1) is 5.82 Å². The summed E-state index contributed by atoms with van der Waals surface area (Å²) < 4.78 is 38.0. The molecule has 0 saturated carbocycles. The van der Waals surface area contributed by atoms with Crippen LogP contribution in [0.15, 0.2) is 47.4 Å². The molecule has 20 heavy (non-hydrogen) atoms. The molecule has 4 nitrogen and oxygen atoms in total. The first kappa shape index (κ1) is 14.2. The van der Waals surface area contributed by atoms with Crippen molar-refractivity contribution in [1.29, 1.82) is 0 Å². The van der Waals surface area contributed by atoms with Gasteiger partial charge in [0.1, 0.15) is 4.90 Å². The molecule has 0 saturated heterocycles. The van der Waals surface area contributed by atoms with Gasteiger partial charge in [-0.15, -0.1) is 0 Å². The van der Waals surface area contributed by atoms with E-state index in [1.807, 2.05) is 0 Å². The van der Waals surface area contributed by atoms with Crippen molar-refractivity contribution >= 4 is 21.9 Å². The van der Waals surface area contributed by atoms with Crippen LogP contribution in [0.2, 0.25) is 0 Å². The number of amides is 1. The summed E-state index contributed by atoms with van der Waals surface area (Å²) in [6.45, 7) is 0. The molecule has 0 fully saturated rings. The number of hydrogen-bond donors (Lipinski definition) is 1. The summed E-state index contributed by atoms with van der Waals surface area (Å²) in [5, 5.41) is 2.15. The predicted molar refractivity (Wildman–Crippen MR) is 74.6 cm³/mol. The van der Waals surface area contributed by atoms with Crippen molar-refractivity contribution in [2.45, 2.75) is 4.90 Å². The van der Waals surface area contributed by atoms with Gasteiger partial charge in [-0.25, -0.2) is 12.8 Å². The lowest BCUT2D eigenvalue weighted by Gasteiger charge is -2.12. The highest BCUT2D eigenvalue weighted by atomic mass is 32.2. The number of benzene rings is 2. The number of rotatable bonds is 4. The molecular formula is C14H12FNO3S. The van der Waals surface area contributed by atoms with Gasteiger partial charge >= 0.3 is 0 Å². The van der Waals surface area contributed by atoms with Crippen LogP contribution in [-0.4, -0.2) is 21.1 Å². The van der Waals surface area contributed by atoms with Crippen molar-refractivity contribution < 1.29 is 17.6 Å². The summed E-state index contributed by atoms with van der Waals surface area (Å²) in [6.07, 6.45) is 1.23. The summed E-state index contributed by atoms with van der Waals surface area (Å²) >= 11 is 0. The van der Waals surface area contributed by atoms with Gasteiger partial charge in [0.15, 0.2) is 15.7 Å². The molecule has 104 valence electrons. The standard InChI is InChI=1S/C14H12FNO3S/c1-20(18,19)14-11(10-5-3-2-4-6-10)7-8-12(13(14)15)16-9-17/h2-9H,1H3,(H,16,17). The topological polar surface area (TPSA) is 63.2 Å². The Hall–Kier alpha value is -2.21. The molecule has 0 aliphatic carbocycles. The highest BCUT2D eigenvalue weighted by molar-refractivity contribution is 7.90. The molecular weight excluding hydrogens is 281 g/mol. The molecule has 2 aromatic carbocycles. The fraction of sp³-hybridized carbons (Fsp3) is 0.0714. The number of carbonyl (C=O) groups is 1. The van der Waals surface area contributed by atoms with Crippen LogP contribution in [0.4, 0.5) is 10.1 Å². The largest absolute Gasteiger partial charge is 0.326 e. The quantitative estimate of drug-likeness (QED) is 0.881. The molecule has 0 aromatic heterocycles. The Labute approximate surface area is 116 Å². The first-order valence-corrected chi connectivity index (χ1v) is 7.62. The molecule has 2 aromatic rings. The minimum absolute atomic E-state index is 0.167. The maximum atomic E-state index is 14.3. The summed E-state index contributed by atoms with van der Waals surface area (Å²) in [6, 6.07) is 11.4. The van der Waals surface area contributed by atoms with E-state index in [1.54, 1.807) is 30.3 Å². The highest BCUT2D eigenvalue weighted by Crippen LogP contribution is 2.33. The maximum absolute atomic E-state index is 14.3. The minimum atomic E-state index is -3.78. The Balaban J connectivity index is 2.77. The molecule has 0 spiro atoms. The molecule has 0 aliphatic heterocycles. The van der Waals surface area contributed by atoms with Gasteiger partial charge in [-0.1, -0.05) is 36.4 Å². The van der Waals surface area contributed by atoms with E-state index >= 15 is 0 Å². The van der Waals surface area contributed by atoms with Gasteiger partial charge in [0, 0.05) is 11.8 Å². The molecule has 2 rings (SSSR count). The zero-order chi connectivity index (χ0) is 14.8. The van der Waals surface area contributed by atoms with Gasteiger partial charge in [-0.3, -0.25) is 4.79 Å². The Morgan fingerprint density at radius 3 is 2.30 bits per heavy atom. The first-order chi connectivity index (χ1) is 9.45. The van der Waals surface area contributed by atoms with E-state index in [2.05, 4.69) is 5.32 Å². The van der Waals surface area contributed by atoms with Gasteiger partial charge in [0.2, 0.25) is 6.41 Å². The highest BCUT2D eigenvalue weighted by Gasteiger charge is 2.22. The monoisotopic (exact) mass is 293 g/mol. The fourth-order valence-corrected chi connectivity index (χ4v) is 2.96. The predicted octanol–water partition coefficient (Wildman–Crippen LogP) is 2.46. The first-order valence-electron chi connectivity index (χ1n) is 5.73. The Bertz CT molecular complexity index is 743. The van der Waals surface area contributed by atoms with Gasteiger partial charge in [-0.05, 0) is 11.6 Å². The third kappa shape index (κ3) is 2.70. The van der Waals surface area contributed by atoms with Crippen LogP contribution in [-0.2, 0) is 14.6 Å².